The minimum absolute atomic E-state index is 0.0469. The number of aromatic amines is 1. The van der Waals surface area contributed by atoms with Crippen LogP contribution in [-0.4, -0.2) is 9.55 Å². The third-order valence-electron chi connectivity index (χ3n) is 5.01. The summed E-state index contributed by atoms with van der Waals surface area (Å²) in [6.07, 6.45) is 0. The topological polar surface area (TPSA) is 37.8 Å². The summed E-state index contributed by atoms with van der Waals surface area (Å²) in [7, 11) is 0. The number of pyridine rings is 1. The Bertz CT molecular complexity index is 1300. The largest absolute Gasteiger partial charge is 0.340 e. The number of hydrogen-bond acceptors (Lipinski definition) is 1. The molecule has 0 amide bonds. The second-order valence-corrected chi connectivity index (χ2v) is 6.73. The number of fused-ring (bicyclic) bond motifs is 3. The van der Waals surface area contributed by atoms with Crippen molar-refractivity contribution in [1.82, 2.24) is 9.55 Å². The second kappa shape index (κ2) is 6.29. The summed E-state index contributed by atoms with van der Waals surface area (Å²) in [5, 5.41) is 1.74. The number of H-pyrrole nitrogens is 1. The van der Waals surface area contributed by atoms with Crippen LogP contribution in [-0.2, 0) is 6.54 Å². The van der Waals surface area contributed by atoms with Gasteiger partial charge < -0.3 is 9.55 Å². The molecule has 3 nitrogen and oxygen atoms in total. The van der Waals surface area contributed by atoms with Crippen molar-refractivity contribution in [2.45, 2.75) is 6.54 Å². The monoisotopic (exact) mass is 350 g/mol. The molecule has 0 fully saturated rings. The molecular formula is C24H18N2O. The van der Waals surface area contributed by atoms with Crippen LogP contribution in [0.15, 0.2) is 95.8 Å². The van der Waals surface area contributed by atoms with E-state index >= 15 is 0 Å². The summed E-state index contributed by atoms with van der Waals surface area (Å²) >= 11 is 0. The van der Waals surface area contributed by atoms with E-state index in [1.54, 1.807) is 6.07 Å². The van der Waals surface area contributed by atoms with Gasteiger partial charge in [-0.15, -0.1) is 0 Å². The zero-order valence-corrected chi connectivity index (χ0v) is 14.7. The number of nitrogens with one attached hydrogen (secondary N) is 1. The smallest absolute Gasteiger partial charge is 0.192 e. The van der Waals surface area contributed by atoms with Crippen LogP contribution < -0.4 is 5.43 Å². The molecule has 0 unspecified atom stereocenters. The molecule has 2 heterocycles. The number of nitrogens with zero attached hydrogens (tertiary/aromatic N) is 1. The maximum Gasteiger partial charge on any atom is 0.192 e. The summed E-state index contributed by atoms with van der Waals surface area (Å²) in [6.45, 7) is 0.707. The third kappa shape index (κ3) is 2.64. The van der Waals surface area contributed by atoms with Gasteiger partial charge in [-0.1, -0.05) is 78.9 Å². The second-order valence-electron chi connectivity index (χ2n) is 6.73. The van der Waals surface area contributed by atoms with Crippen LogP contribution >= 0.6 is 0 Å². The standard InChI is InChI=1S/C24H18N2O/c27-22-15-20(18-11-5-2-6-12-18)25-24-23(22)19-13-7-8-14-21(19)26(24)16-17-9-3-1-4-10-17/h1-15H,16H2,(H,25,27). The quantitative estimate of drug-likeness (QED) is 0.477. The summed E-state index contributed by atoms with van der Waals surface area (Å²) in [5.74, 6) is 0. The Balaban J connectivity index is 1.83. The normalized spacial score (nSPS) is 11.3. The van der Waals surface area contributed by atoms with Crippen LogP contribution in [0.1, 0.15) is 5.56 Å². The van der Waals surface area contributed by atoms with Crippen molar-refractivity contribution < 1.29 is 0 Å². The van der Waals surface area contributed by atoms with Gasteiger partial charge in [0.05, 0.1) is 16.6 Å². The molecule has 0 aliphatic rings. The first-order valence-corrected chi connectivity index (χ1v) is 9.05. The molecule has 0 spiro atoms. The lowest BCUT2D eigenvalue weighted by Crippen LogP contribution is -2.06. The fourth-order valence-corrected chi connectivity index (χ4v) is 3.75. The van der Waals surface area contributed by atoms with Crippen molar-refractivity contribution in [2.75, 3.05) is 0 Å². The lowest BCUT2D eigenvalue weighted by atomic mass is 10.1. The molecule has 0 radical (unpaired) electrons. The Morgan fingerprint density at radius 3 is 2.22 bits per heavy atom. The molecule has 0 saturated heterocycles. The number of para-hydroxylation sites is 1. The summed E-state index contributed by atoms with van der Waals surface area (Å²) in [6, 6.07) is 30.1. The first kappa shape index (κ1) is 15.6. The van der Waals surface area contributed by atoms with Gasteiger partial charge in [0.25, 0.3) is 0 Å². The van der Waals surface area contributed by atoms with E-state index in [2.05, 4.69) is 27.8 Å². The average molecular weight is 350 g/mol. The van der Waals surface area contributed by atoms with E-state index in [4.69, 9.17) is 0 Å². The first-order chi connectivity index (χ1) is 13.3. The summed E-state index contributed by atoms with van der Waals surface area (Å²) < 4.78 is 2.20. The highest BCUT2D eigenvalue weighted by atomic mass is 16.1. The summed E-state index contributed by atoms with van der Waals surface area (Å²) in [4.78, 5) is 16.5. The molecule has 3 heteroatoms. The number of rotatable bonds is 3. The van der Waals surface area contributed by atoms with Crippen molar-refractivity contribution in [2.24, 2.45) is 0 Å². The van der Waals surface area contributed by atoms with Crippen molar-refractivity contribution in [3.8, 4) is 11.3 Å². The zero-order valence-electron chi connectivity index (χ0n) is 14.7. The molecule has 0 aliphatic heterocycles. The highest BCUT2D eigenvalue weighted by molar-refractivity contribution is 6.07. The molecule has 130 valence electrons. The van der Waals surface area contributed by atoms with E-state index < -0.39 is 0 Å². The third-order valence-corrected chi connectivity index (χ3v) is 5.01. The van der Waals surface area contributed by atoms with E-state index in [-0.39, 0.29) is 5.43 Å². The van der Waals surface area contributed by atoms with Crippen molar-refractivity contribution >= 4 is 21.9 Å². The average Bonchev–Trinajstić information content (AvgIpc) is 3.04. The number of benzene rings is 3. The fraction of sp³-hybridized carbons (Fsp3) is 0.0417. The Kier molecular flexibility index (Phi) is 3.65. The molecule has 0 bridgehead atoms. The van der Waals surface area contributed by atoms with Gasteiger partial charge in [0.15, 0.2) is 5.43 Å². The van der Waals surface area contributed by atoms with E-state index in [1.165, 1.54) is 5.56 Å². The van der Waals surface area contributed by atoms with E-state index in [0.29, 0.717) is 6.54 Å². The van der Waals surface area contributed by atoms with E-state index in [0.717, 1.165) is 33.2 Å². The van der Waals surface area contributed by atoms with Crippen LogP contribution in [0.25, 0.3) is 33.2 Å². The Morgan fingerprint density at radius 1 is 0.778 bits per heavy atom. The van der Waals surface area contributed by atoms with Gasteiger partial charge in [-0.2, -0.15) is 0 Å². The number of hydrogen-bond donors (Lipinski definition) is 1. The Morgan fingerprint density at radius 2 is 1.44 bits per heavy atom. The zero-order chi connectivity index (χ0) is 18.2. The van der Waals surface area contributed by atoms with Gasteiger partial charge in [0.1, 0.15) is 5.65 Å². The van der Waals surface area contributed by atoms with Gasteiger partial charge in [0.2, 0.25) is 0 Å². The molecule has 2 aromatic heterocycles. The minimum Gasteiger partial charge on any atom is -0.340 e. The van der Waals surface area contributed by atoms with Crippen LogP contribution in [0.5, 0.6) is 0 Å². The van der Waals surface area contributed by atoms with Gasteiger partial charge in [-0.25, -0.2) is 0 Å². The highest BCUT2D eigenvalue weighted by Gasteiger charge is 2.15. The lowest BCUT2D eigenvalue weighted by molar-refractivity contribution is 0.856. The highest BCUT2D eigenvalue weighted by Crippen LogP contribution is 2.28. The lowest BCUT2D eigenvalue weighted by Gasteiger charge is -2.09. The SMILES string of the molecule is O=c1cc(-c2ccccc2)[nH]c2c1c1ccccc1n2Cc1ccccc1. The minimum atomic E-state index is 0.0469. The molecule has 0 aliphatic carbocycles. The predicted molar refractivity (Wildman–Crippen MR) is 111 cm³/mol. The molecule has 27 heavy (non-hydrogen) atoms. The fourth-order valence-electron chi connectivity index (χ4n) is 3.75. The van der Waals surface area contributed by atoms with E-state index in [9.17, 15) is 4.79 Å². The molecule has 0 atom stereocenters. The molecular weight excluding hydrogens is 332 g/mol. The maximum atomic E-state index is 13.0. The molecule has 5 aromatic rings. The summed E-state index contributed by atoms with van der Waals surface area (Å²) in [5.41, 5.74) is 5.02. The molecule has 1 N–H and O–H groups in total. The van der Waals surface area contributed by atoms with Crippen LogP contribution in [0, 0.1) is 0 Å². The predicted octanol–water partition coefficient (Wildman–Crippen LogP) is 5.20. The van der Waals surface area contributed by atoms with Crippen molar-refractivity contribution in [3.63, 3.8) is 0 Å². The Hall–Kier alpha value is -3.59. The van der Waals surface area contributed by atoms with Gasteiger partial charge in [-0.05, 0) is 17.2 Å². The van der Waals surface area contributed by atoms with Crippen LogP contribution in [0.4, 0.5) is 0 Å². The van der Waals surface area contributed by atoms with Gasteiger partial charge in [-0.3, -0.25) is 4.79 Å². The van der Waals surface area contributed by atoms with E-state index in [1.807, 2.05) is 66.7 Å². The molecule has 5 rings (SSSR count). The van der Waals surface area contributed by atoms with Gasteiger partial charge in [0, 0.05) is 18.0 Å². The molecule has 0 saturated carbocycles. The maximum absolute atomic E-state index is 13.0. The first-order valence-electron chi connectivity index (χ1n) is 9.05. The Labute approximate surface area is 156 Å². The van der Waals surface area contributed by atoms with Crippen LogP contribution in [0.3, 0.4) is 0 Å². The number of aromatic nitrogens is 2. The van der Waals surface area contributed by atoms with Crippen molar-refractivity contribution in [3.05, 3.63) is 107 Å². The molecule has 3 aromatic carbocycles. The van der Waals surface area contributed by atoms with Crippen LogP contribution in [0.2, 0.25) is 0 Å². The van der Waals surface area contributed by atoms with Crippen molar-refractivity contribution in [1.29, 1.82) is 0 Å². The van der Waals surface area contributed by atoms with Gasteiger partial charge >= 0.3 is 0 Å².